The normalized spacial score (nSPS) is 10.1. The van der Waals surface area contributed by atoms with Gasteiger partial charge in [0.05, 0.1) is 54.0 Å². The zero-order chi connectivity index (χ0) is 25.6. The van der Waals surface area contributed by atoms with E-state index >= 15 is 0 Å². The summed E-state index contributed by atoms with van der Waals surface area (Å²) in [5.74, 6) is 0.124. The predicted molar refractivity (Wildman–Crippen MR) is 124 cm³/mol. The van der Waals surface area contributed by atoms with E-state index in [1.165, 1.54) is 80.8 Å². The quantitative estimate of drug-likeness (QED) is 0.566. The van der Waals surface area contributed by atoms with Gasteiger partial charge in [-0.05, 0) is 0 Å². The van der Waals surface area contributed by atoms with Crippen LogP contribution in [0, 0.1) is 0 Å². The molecule has 11 nitrogen and oxygen atoms in total. The molecule has 0 aromatic heterocycles. The number of ether oxygens (including phenoxy) is 6. The number of amides is 4. The van der Waals surface area contributed by atoms with Crippen LogP contribution < -0.4 is 38.2 Å². The van der Waals surface area contributed by atoms with Crippen molar-refractivity contribution in [3.8, 4) is 34.5 Å². The van der Waals surface area contributed by atoms with Gasteiger partial charge in [0.2, 0.25) is 23.3 Å². The topological polar surface area (TPSA) is 113 Å². The molecule has 0 heterocycles. The first kappa shape index (κ1) is 26.1. The molecule has 0 saturated heterocycles. The lowest BCUT2D eigenvalue weighted by atomic mass is 10.2. The van der Waals surface area contributed by atoms with E-state index < -0.39 is 17.8 Å². The lowest BCUT2D eigenvalue weighted by molar-refractivity contribution is -0.116. The van der Waals surface area contributed by atoms with Crippen LogP contribution in [0.4, 0.5) is 16.2 Å². The SMILES string of the molecule is COc1cc(N(C(C)=O)C(=O)N(C(C)=O)c2cc(OC)c(OC)c(OC)c2)cc(OC)c1OC. The molecule has 0 saturated carbocycles. The highest BCUT2D eigenvalue weighted by atomic mass is 16.5. The van der Waals surface area contributed by atoms with Crippen molar-refractivity contribution < 1.29 is 42.8 Å². The lowest BCUT2D eigenvalue weighted by Gasteiger charge is -2.28. The number of carbonyl (C=O) groups is 3. The highest BCUT2D eigenvalue weighted by Gasteiger charge is 2.32. The molecule has 0 aliphatic heterocycles. The van der Waals surface area contributed by atoms with Gasteiger partial charge in [-0.2, -0.15) is 0 Å². The average molecular weight is 476 g/mol. The van der Waals surface area contributed by atoms with Gasteiger partial charge in [0.1, 0.15) is 0 Å². The number of urea groups is 1. The minimum absolute atomic E-state index is 0.102. The van der Waals surface area contributed by atoms with Crippen molar-refractivity contribution in [2.24, 2.45) is 0 Å². The fraction of sp³-hybridized carbons (Fsp3) is 0.348. The highest BCUT2D eigenvalue weighted by molar-refractivity contribution is 6.26. The Bertz CT molecular complexity index is 951. The minimum Gasteiger partial charge on any atom is -0.493 e. The summed E-state index contributed by atoms with van der Waals surface area (Å²) in [7, 11) is 8.46. The molecule has 0 unspecified atom stereocenters. The van der Waals surface area contributed by atoms with Crippen LogP contribution in [0.1, 0.15) is 13.8 Å². The molecule has 0 radical (unpaired) electrons. The maximum absolute atomic E-state index is 13.6. The van der Waals surface area contributed by atoms with Crippen LogP contribution in [0.2, 0.25) is 0 Å². The summed E-state index contributed by atoms with van der Waals surface area (Å²) in [4.78, 5) is 40.5. The van der Waals surface area contributed by atoms with Crippen molar-refractivity contribution in [2.75, 3.05) is 52.5 Å². The third-order valence-corrected chi connectivity index (χ3v) is 4.83. The second-order valence-electron chi connectivity index (χ2n) is 6.76. The Hall–Kier alpha value is -4.15. The van der Waals surface area contributed by atoms with E-state index in [1.807, 2.05) is 0 Å². The number of methoxy groups -OCH3 is 6. The van der Waals surface area contributed by atoms with Crippen LogP contribution in [0.15, 0.2) is 24.3 Å². The fourth-order valence-corrected chi connectivity index (χ4v) is 3.35. The fourth-order valence-electron chi connectivity index (χ4n) is 3.35. The first-order valence-corrected chi connectivity index (χ1v) is 9.94. The number of carbonyl (C=O) groups excluding carboxylic acids is 3. The van der Waals surface area contributed by atoms with Crippen LogP contribution in [0.3, 0.4) is 0 Å². The molecule has 184 valence electrons. The van der Waals surface area contributed by atoms with Gasteiger partial charge in [0.25, 0.3) is 0 Å². The van der Waals surface area contributed by atoms with E-state index in [0.717, 1.165) is 9.80 Å². The Labute approximate surface area is 197 Å². The van der Waals surface area contributed by atoms with Crippen LogP contribution in [-0.2, 0) is 9.59 Å². The second kappa shape index (κ2) is 11.1. The minimum atomic E-state index is -0.941. The lowest BCUT2D eigenvalue weighted by Crippen LogP contribution is -2.48. The molecule has 2 aromatic rings. The van der Waals surface area contributed by atoms with Gasteiger partial charge in [-0.25, -0.2) is 14.6 Å². The molecule has 11 heteroatoms. The molecule has 0 spiro atoms. The zero-order valence-electron chi connectivity index (χ0n) is 20.4. The summed E-state index contributed by atoms with van der Waals surface area (Å²) in [6.45, 7) is 2.38. The first-order valence-electron chi connectivity index (χ1n) is 9.94. The van der Waals surface area contributed by atoms with Crippen molar-refractivity contribution >= 4 is 29.2 Å². The van der Waals surface area contributed by atoms with Crippen LogP contribution >= 0.6 is 0 Å². The van der Waals surface area contributed by atoms with E-state index in [2.05, 4.69) is 0 Å². The molecule has 0 aliphatic rings. The van der Waals surface area contributed by atoms with E-state index in [4.69, 9.17) is 28.4 Å². The summed E-state index contributed by atoms with van der Waals surface area (Å²) in [6, 6.07) is 4.76. The molecule has 34 heavy (non-hydrogen) atoms. The molecule has 0 aliphatic carbocycles. The van der Waals surface area contributed by atoms with E-state index in [0.29, 0.717) is 0 Å². The van der Waals surface area contributed by atoms with Gasteiger partial charge in [0.15, 0.2) is 23.0 Å². The smallest absolute Gasteiger partial charge is 0.342 e. The highest BCUT2D eigenvalue weighted by Crippen LogP contribution is 2.43. The molecule has 2 aromatic carbocycles. The molecule has 0 atom stereocenters. The van der Waals surface area contributed by atoms with Gasteiger partial charge >= 0.3 is 6.03 Å². The van der Waals surface area contributed by atoms with Crippen molar-refractivity contribution in [1.82, 2.24) is 0 Å². The summed E-state index contributed by atoms with van der Waals surface area (Å²) in [5.41, 5.74) is 0.205. The predicted octanol–water partition coefficient (Wildman–Crippen LogP) is 3.26. The summed E-state index contributed by atoms with van der Waals surface area (Å²) in [6.07, 6.45) is 0. The Morgan fingerprint density at radius 1 is 0.529 bits per heavy atom. The van der Waals surface area contributed by atoms with Crippen molar-refractivity contribution in [3.05, 3.63) is 24.3 Å². The summed E-state index contributed by atoms with van der Waals surface area (Å²) in [5, 5.41) is 0. The van der Waals surface area contributed by atoms with Crippen molar-refractivity contribution in [2.45, 2.75) is 13.8 Å². The maximum atomic E-state index is 13.6. The largest absolute Gasteiger partial charge is 0.493 e. The molecular weight excluding hydrogens is 448 g/mol. The van der Waals surface area contributed by atoms with Gasteiger partial charge in [-0.15, -0.1) is 0 Å². The van der Waals surface area contributed by atoms with Gasteiger partial charge in [-0.1, -0.05) is 0 Å². The number of rotatable bonds is 8. The van der Waals surface area contributed by atoms with Crippen molar-refractivity contribution in [1.29, 1.82) is 0 Å². The third-order valence-electron chi connectivity index (χ3n) is 4.83. The number of hydrogen-bond acceptors (Lipinski definition) is 9. The maximum Gasteiger partial charge on any atom is 0.342 e. The van der Waals surface area contributed by atoms with Crippen LogP contribution in [-0.4, -0.2) is 60.5 Å². The molecular formula is C23H28N2O9. The zero-order valence-corrected chi connectivity index (χ0v) is 20.4. The third kappa shape index (κ3) is 4.92. The molecule has 4 amide bonds. The number of hydrogen-bond donors (Lipinski definition) is 0. The van der Waals surface area contributed by atoms with E-state index in [-0.39, 0.29) is 45.9 Å². The molecule has 2 rings (SSSR count). The van der Waals surface area contributed by atoms with Gasteiger partial charge < -0.3 is 28.4 Å². The number of benzene rings is 2. The van der Waals surface area contributed by atoms with E-state index in [9.17, 15) is 14.4 Å². The van der Waals surface area contributed by atoms with E-state index in [1.54, 1.807) is 0 Å². The Balaban J connectivity index is 2.71. The number of nitrogens with zero attached hydrogens (tertiary/aromatic N) is 2. The monoisotopic (exact) mass is 476 g/mol. The number of anilines is 2. The molecule has 0 bridgehead atoms. The Morgan fingerprint density at radius 3 is 0.971 bits per heavy atom. The molecule has 0 fully saturated rings. The molecule has 0 N–H and O–H groups in total. The summed E-state index contributed by atoms with van der Waals surface area (Å²) >= 11 is 0. The van der Waals surface area contributed by atoms with Crippen LogP contribution in [0.5, 0.6) is 34.5 Å². The van der Waals surface area contributed by atoms with Crippen LogP contribution in [0.25, 0.3) is 0 Å². The van der Waals surface area contributed by atoms with Gasteiger partial charge in [-0.3, -0.25) is 9.59 Å². The Kier molecular flexibility index (Phi) is 8.54. The average Bonchev–Trinajstić information content (AvgIpc) is 2.82. The number of imide groups is 2. The summed E-state index contributed by atoms with van der Waals surface area (Å²) < 4.78 is 31.9. The van der Waals surface area contributed by atoms with Gasteiger partial charge in [0, 0.05) is 38.1 Å². The Morgan fingerprint density at radius 2 is 0.794 bits per heavy atom. The first-order chi connectivity index (χ1) is 16.2. The second-order valence-corrected chi connectivity index (χ2v) is 6.76. The van der Waals surface area contributed by atoms with Crippen molar-refractivity contribution in [3.63, 3.8) is 0 Å². The standard InChI is InChI=1S/C23H28N2O9/c1-13(26)24(15-9-17(29-3)21(33-7)18(10-15)30-4)23(28)25(14(2)27)16-11-19(31-5)22(34-8)20(12-16)32-6/h9-12H,1-8H3.